The summed E-state index contributed by atoms with van der Waals surface area (Å²) in [5, 5.41) is 19.0. The van der Waals surface area contributed by atoms with Crippen molar-refractivity contribution in [3.8, 4) is 17.6 Å². The Morgan fingerprint density at radius 3 is 2.78 bits per heavy atom. The molecule has 2 aromatic rings. The molecular formula is C17H16FN3O5S. The number of carbonyl (C=O) groups is 1. The molecule has 1 saturated heterocycles. The molecule has 0 atom stereocenters. The Bertz CT molecular complexity index is 1050. The highest BCUT2D eigenvalue weighted by Crippen LogP contribution is 2.39. The molecule has 3 rings (SSSR count). The molecule has 0 radical (unpaired) electrons. The topological polar surface area (TPSA) is 120 Å². The normalized spacial score (nSPS) is 15.6. The van der Waals surface area contributed by atoms with Crippen molar-refractivity contribution in [2.24, 2.45) is 0 Å². The number of ether oxygens (including phenoxy) is 1. The molecule has 0 bridgehead atoms. The minimum atomic E-state index is -4.26. The number of hydrogen-bond donors (Lipinski definition) is 2. The van der Waals surface area contributed by atoms with Crippen LogP contribution in [0, 0.1) is 17.1 Å². The lowest BCUT2D eigenvalue weighted by molar-refractivity contribution is -0.117. The number of nitriles is 1. The second-order valence-corrected chi connectivity index (χ2v) is 7.54. The predicted molar refractivity (Wildman–Crippen MR) is 94.9 cm³/mol. The zero-order valence-corrected chi connectivity index (χ0v) is 14.9. The van der Waals surface area contributed by atoms with Crippen LogP contribution in [0.1, 0.15) is 19.3 Å². The molecule has 1 aliphatic rings. The van der Waals surface area contributed by atoms with E-state index >= 15 is 4.39 Å². The highest BCUT2D eigenvalue weighted by Gasteiger charge is 2.37. The summed E-state index contributed by atoms with van der Waals surface area (Å²) < 4.78 is 46.7. The van der Waals surface area contributed by atoms with Crippen LogP contribution in [0.3, 0.4) is 0 Å². The monoisotopic (exact) mass is 393 g/mol. The number of phenols is 1. The van der Waals surface area contributed by atoms with Gasteiger partial charge in [-0.15, -0.1) is 0 Å². The number of fused-ring (bicyclic) bond motifs is 1. The lowest BCUT2D eigenvalue weighted by atomic mass is 10.1. The van der Waals surface area contributed by atoms with Crippen molar-refractivity contribution in [3.05, 3.63) is 30.1 Å². The Balaban J connectivity index is 1.95. The molecule has 2 N–H and O–H groups in total. The Hall–Kier alpha value is -3.06. The minimum absolute atomic E-state index is 0.0480. The molecular weight excluding hydrogens is 377 g/mol. The van der Waals surface area contributed by atoms with Crippen LogP contribution in [0.2, 0.25) is 0 Å². The first-order valence-electron chi connectivity index (χ1n) is 8.12. The first kappa shape index (κ1) is 18.7. The van der Waals surface area contributed by atoms with Crippen LogP contribution < -0.4 is 13.8 Å². The van der Waals surface area contributed by atoms with Crippen molar-refractivity contribution in [2.75, 3.05) is 17.5 Å². The number of halogens is 1. The number of aromatic hydroxyl groups is 1. The van der Waals surface area contributed by atoms with E-state index in [2.05, 4.69) is 0 Å². The molecule has 0 aromatic heterocycles. The zero-order valence-electron chi connectivity index (χ0n) is 14.1. The summed E-state index contributed by atoms with van der Waals surface area (Å²) >= 11 is 0. The van der Waals surface area contributed by atoms with Gasteiger partial charge in [-0.05, 0) is 36.4 Å². The summed E-state index contributed by atoms with van der Waals surface area (Å²) in [6, 6.07) is 7.79. The van der Waals surface area contributed by atoms with Crippen molar-refractivity contribution >= 4 is 32.6 Å². The van der Waals surface area contributed by atoms with Crippen LogP contribution in [0.4, 0.5) is 10.1 Å². The maximum Gasteiger partial charge on any atom is 0.326 e. The molecule has 0 saturated carbocycles. The molecule has 10 heteroatoms. The summed E-state index contributed by atoms with van der Waals surface area (Å²) in [6.45, 7) is -0.272. The van der Waals surface area contributed by atoms with Crippen molar-refractivity contribution in [3.63, 3.8) is 0 Å². The maximum absolute atomic E-state index is 15.0. The van der Waals surface area contributed by atoms with E-state index in [1.54, 1.807) is 10.8 Å². The first-order valence-corrected chi connectivity index (χ1v) is 9.56. The van der Waals surface area contributed by atoms with E-state index in [1.165, 1.54) is 18.2 Å². The van der Waals surface area contributed by atoms with E-state index in [0.717, 1.165) is 0 Å². The van der Waals surface area contributed by atoms with Gasteiger partial charge in [0, 0.05) is 11.8 Å². The molecule has 1 amide bonds. The molecule has 8 nitrogen and oxygen atoms in total. The van der Waals surface area contributed by atoms with Crippen molar-refractivity contribution in [2.45, 2.75) is 19.3 Å². The van der Waals surface area contributed by atoms with Crippen LogP contribution in [-0.4, -0.2) is 32.6 Å². The highest BCUT2D eigenvalue weighted by atomic mass is 32.2. The number of nitrogens with one attached hydrogen (secondary N) is 1. The van der Waals surface area contributed by atoms with Crippen LogP contribution in [-0.2, 0) is 15.0 Å². The molecule has 2 aromatic carbocycles. The standard InChI is InChI=1S/C17H16FN3O5S/c18-16-13-9-12(26-7-3-1-2-6-19)5-4-11(13)8-14(22)17(16)21-10-15(23)20-27(21,24)25/h4-5,8-9,22H,1-3,7,10H2,(H,20,23). The van der Waals surface area contributed by atoms with Gasteiger partial charge in [0.2, 0.25) is 0 Å². The third-order valence-electron chi connectivity index (χ3n) is 4.03. The smallest absolute Gasteiger partial charge is 0.326 e. The second kappa shape index (κ2) is 7.28. The van der Waals surface area contributed by atoms with E-state index < -0.39 is 39.9 Å². The van der Waals surface area contributed by atoms with Gasteiger partial charge in [-0.25, -0.2) is 13.4 Å². The van der Waals surface area contributed by atoms with Gasteiger partial charge in [-0.2, -0.15) is 13.7 Å². The summed E-state index contributed by atoms with van der Waals surface area (Å²) in [4.78, 5) is 11.4. The van der Waals surface area contributed by atoms with Crippen LogP contribution >= 0.6 is 0 Å². The molecule has 1 aliphatic heterocycles. The quantitative estimate of drug-likeness (QED) is 0.724. The van der Waals surface area contributed by atoms with Gasteiger partial charge in [0.05, 0.1) is 12.7 Å². The number of carbonyl (C=O) groups excluding carboxylic acids is 1. The van der Waals surface area contributed by atoms with Gasteiger partial charge >= 0.3 is 10.2 Å². The van der Waals surface area contributed by atoms with Gasteiger partial charge in [-0.1, -0.05) is 6.07 Å². The van der Waals surface area contributed by atoms with Gasteiger partial charge in [0.1, 0.15) is 23.7 Å². The van der Waals surface area contributed by atoms with Crippen molar-refractivity contribution in [1.82, 2.24) is 4.72 Å². The maximum atomic E-state index is 15.0. The van der Waals surface area contributed by atoms with E-state index in [1.807, 2.05) is 6.07 Å². The Kier molecular flexibility index (Phi) is 5.05. The highest BCUT2D eigenvalue weighted by molar-refractivity contribution is 7.92. The van der Waals surface area contributed by atoms with Gasteiger partial charge in [-0.3, -0.25) is 4.79 Å². The number of unbranched alkanes of at least 4 members (excludes halogenated alkanes) is 2. The summed E-state index contributed by atoms with van der Waals surface area (Å²) in [5.74, 6) is -2.01. The average Bonchev–Trinajstić information content (AvgIpc) is 2.87. The molecule has 27 heavy (non-hydrogen) atoms. The van der Waals surface area contributed by atoms with Crippen LogP contribution in [0.5, 0.6) is 11.5 Å². The Labute approximate surface area is 154 Å². The summed E-state index contributed by atoms with van der Waals surface area (Å²) in [5.41, 5.74) is -0.591. The first-order chi connectivity index (χ1) is 12.8. The van der Waals surface area contributed by atoms with Crippen LogP contribution in [0.25, 0.3) is 10.8 Å². The number of amides is 1. The number of rotatable bonds is 6. The Morgan fingerprint density at radius 1 is 1.33 bits per heavy atom. The third kappa shape index (κ3) is 3.73. The van der Waals surface area contributed by atoms with E-state index in [0.29, 0.717) is 41.3 Å². The number of nitrogens with zero attached hydrogens (tertiary/aromatic N) is 2. The van der Waals surface area contributed by atoms with Crippen molar-refractivity contribution < 1.29 is 27.4 Å². The Morgan fingerprint density at radius 2 is 2.11 bits per heavy atom. The average molecular weight is 393 g/mol. The lowest BCUT2D eigenvalue weighted by Gasteiger charge is -2.18. The van der Waals surface area contributed by atoms with E-state index in [4.69, 9.17) is 10.00 Å². The number of phenolic OH excluding ortho intramolecular Hbond substituents is 1. The molecule has 1 fully saturated rings. The number of benzene rings is 2. The van der Waals surface area contributed by atoms with Gasteiger partial charge in [0.15, 0.2) is 5.82 Å². The molecule has 142 valence electrons. The summed E-state index contributed by atoms with van der Waals surface area (Å²) in [6.07, 6.45) is 1.77. The fourth-order valence-electron chi connectivity index (χ4n) is 2.78. The molecule has 1 heterocycles. The van der Waals surface area contributed by atoms with E-state index in [-0.39, 0.29) is 5.39 Å². The minimum Gasteiger partial charge on any atom is -0.506 e. The fraction of sp³-hybridized carbons (Fsp3) is 0.294. The lowest BCUT2D eigenvalue weighted by Crippen LogP contribution is -2.30. The molecule has 0 unspecified atom stereocenters. The van der Waals surface area contributed by atoms with E-state index in [9.17, 15) is 18.3 Å². The predicted octanol–water partition coefficient (Wildman–Crippen LogP) is 1.94. The second-order valence-electron chi connectivity index (χ2n) is 5.94. The zero-order chi connectivity index (χ0) is 19.6. The summed E-state index contributed by atoms with van der Waals surface area (Å²) in [7, 11) is -4.26. The number of anilines is 1. The third-order valence-corrected chi connectivity index (χ3v) is 5.40. The largest absolute Gasteiger partial charge is 0.506 e. The van der Waals surface area contributed by atoms with Gasteiger partial charge in [0.25, 0.3) is 5.91 Å². The van der Waals surface area contributed by atoms with Gasteiger partial charge < -0.3 is 9.84 Å². The van der Waals surface area contributed by atoms with Crippen LogP contribution in [0.15, 0.2) is 24.3 Å². The molecule has 0 aliphatic carbocycles. The molecule has 0 spiro atoms. The number of hydrogen-bond acceptors (Lipinski definition) is 6. The van der Waals surface area contributed by atoms with Crippen molar-refractivity contribution in [1.29, 1.82) is 5.26 Å². The SMILES string of the molecule is N#CCCCCOc1ccc2cc(O)c(N3CC(=O)NS3(=O)=O)c(F)c2c1. The fourth-order valence-corrected chi connectivity index (χ4v) is 3.94.